The van der Waals surface area contributed by atoms with Gasteiger partial charge in [0.05, 0.1) is 0 Å². The number of hydrogen-bond acceptors (Lipinski definition) is 4. The number of rotatable bonds is 4. The van der Waals surface area contributed by atoms with E-state index in [0.717, 1.165) is 32.7 Å². The zero-order chi connectivity index (χ0) is 16.8. The maximum absolute atomic E-state index is 12.5. The van der Waals surface area contributed by atoms with Crippen molar-refractivity contribution in [1.82, 2.24) is 19.8 Å². The highest BCUT2D eigenvalue weighted by molar-refractivity contribution is 5.92. The van der Waals surface area contributed by atoms with Gasteiger partial charge in [-0.2, -0.15) is 0 Å². The summed E-state index contributed by atoms with van der Waals surface area (Å²) in [6.45, 7) is 5.95. The van der Waals surface area contributed by atoms with Crippen LogP contribution in [0, 0.1) is 6.92 Å². The smallest absolute Gasteiger partial charge is 0.272 e. The lowest BCUT2D eigenvalue weighted by atomic mass is 10.2. The van der Waals surface area contributed by atoms with E-state index in [1.54, 1.807) is 19.2 Å². The third-order valence-electron chi connectivity index (χ3n) is 4.13. The number of amides is 1. The summed E-state index contributed by atoms with van der Waals surface area (Å²) >= 11 is 0. The molecule has 1 fully saturated rings. The van der Waals surface area contributed by atoms with Gasteiger partial charge in [0.15, 0.2) is 0 Å². The molecule has 2 aromatic rings. The van der Waals surface area contributed by atoms with Crippen LogP contribution in [-0.4, -0.2) is 58.4 Å². The first-order valence-corrected chi connectivity index (χ1v) is 8.25. The van der Waals surface area contributed by atoms with Crippen molar-refractivity contribution < 1.29 is 4.79 Å². The number of hydrogen-bond donors (Lipinski definition) is 0. The number of nitrogens with zero attached hydrogens (tertiary/aromatic N) is 4. The molecule has 5 nitrogen and oxygen atoms in total. The van der Waals surface area contributed by atoms with Crippen LogP contribution in [-0.2, 0) is 0 Å². The van der Waals surface area contributed by atoms with E-state index in [4.69, 9.17) is 0 Å². The Kier molecular flexibility index (Phi) is 5.33. The zero-order valence-electron chi connectivity index (χ0n) is 13.9. The van der Waals surface area contributed by atoms with E-state index >= 15 is 0 Å². The quantitative estimate of drug-likeness (QED) is 0.866. The van der Waals surface area contributed by atoms with E-state index in [1.165, 1.54) is 5.56 Å². The second-order valence-corrected chi connectivity index (χ2v) is 5.89. The van der Waals surface area contributed by atoms with Gasteiger partial charge in [-0.25, -0.2) is 9.97 Å². The average molecular weight is 322 g/mol. The largest absolute Gasteiger partial charge is 0.335 e. The van der Waals surface area contributed by atoms with Gasteiger partial charge in [-0.3, -0.25) is 9.69 Å². The van der Waals surface area contributed by atoms with Crippen molar-refractivity contribution in [2.45, 2.75) is 6.92 Å². The van der Waals surface area contributed by atoms with Crippen molar-refractivity contribution in [2.24, 2.45) is 0 Å². The fourth-order valence-corrected chi connectivity index (χ4v) is 2.77. The summed E-state index contributed by atoms with van der Waals surface area (Å²) < 4.78 is 0. The minimum Gasteiger partial charge on any atom is -0.335 e. The van der Waals surface area contributed by atoms with Crippen LogP contribution in [0.15, 0.2) is 48.7 Å². The molecule has 1 aromatic heterocycles. The van der Waals surface area contributed by atoms with Crippen molar-refractivity contribution in [3.05, 3.63) is 65.8 Å². The Hall–Kier alpha value is -2.53. The lowest BCUT2D eigenvalue weighted by Gasteiger charge is -2.34. The maximum Gasteiger partial charge on any atom is 0.272 e. The highest BCUT2D eigenvalue weighted by Crippen LogP contribution is 2.08. The first-order chi connectivity index (χ1) is 11.7. The summed E-state index contributed by atoms with van der Waals surface area (Å²) in [6, 6.07) is 12.0. The van der Waals surface area contributed by atoms with Gasteiger partial charge in [-0.05, 0) is 18.6 Å². The molecule has 0 radical (unpaired) electrons. The summed E-state index contributed by atoms with van der Waals surface area (Å²) in [4.78, 5) is 25.0. The van der Waals surface area contributed by atoms with Gasteiger partial charge in [-0.15, -0.1) is 0 Å². The van der Waals surface area contributed by atoms with E-state index in [1.807, 2.05) is 23.1 Å². The molecule has 0 N–H and O–H groups in total. The standard InChI is InChI=1S/C19H22N4O/c1-16-20-10-9-18(21-16)19(24)23-14-12-22(13-15-23)11-5-8-17-6-3-2-4-7-17/h2-10H,11-15H2,1H3/b8-5+. The Balaban J connectivity index is 1.49. The predicted octanol–water partition coefficient (Wildman–Crippen LogP) is 2.26. The molecule has 1 aliphatic rings. The molecule has 1 aromatic carbocycles. The summed E-state index contributed by atoms with van der Waals surface area (Å²) in [5.74, 6) is 0.630. The van der Waals surface area contributed by atoms with Crippen LogP contribution >= 0.6 is 0 Å². The van der Waals surface area contributed by atoms with E-state index < -0.39 is 0 Å². The number of aryl methyl sites for hydroxylation is 1. The lowest BCUT2D eigenvalue weighted by Crippen LogP contribution is -2.48. The van der Waals surface area contributed by atoms with Crippen LogP contribution in [0.5, 0.6) is 0 Å². The second-order valence-electron chi connectivity index (χ2n) is 5.89. The number of aromatic nitrogens is 2. The minimum absolute atomic E-state index is 0.0000207. The molecule has 2 heterocycles. The molecule has 0 spiro atoms. The van der Waals surface area contributed by atoms with Gasteiger partial charge < -0.3 is 4.90 Å². The lowest BCUT2D eigenvalue weighted by molar-refractivity contribution is 0.0644. The molecule has 124 valence electrons. The summed E-state index contributed by atoms with van der Waals surface area (Å²) in [6.07, 6.45) is 5.96. The Bertz CT molecular complexity index is 706. The summed E-state index contributed by atoms with van der Waals surface area (Å²) in [5.41, 5.74) is 1.70. The molecular formula is C19H22N4O. The van der Waals surface area contributed by atoms with E-state index in [2.05, 4.69) is 39.2 Å². The van der Waals surface area contributed by atoms with E-state index in [9.17, 15) is 4.79 Å². The van der Waals surface area contributed by atoms with Crippen molar-refractivity contribution in [3.63, 3.8) is 0 Å². The first-order valence-electron chi connectivity index (χ1n) is 8.25. The van der Waals surface area contributed by atoms with Gasteiger partial charge >= 0.3 is 0 Å². The predicted molar refractivity (Wildman–Crippen MR) is 94.6 cm³/mol. The molecule has 1 aliphatic heterocycles. The highest BCUT2D eigenvalue weighted by Gasteiger charge is 2.22. The molecule has 0 bridgehead atoms. The van der Waals surface area contributed by atoms with Crippen molar-refractivity contribution in [2.75, 3.05) is 32.7 Å². The molecule has 3 rings (SSSR count). The molecule has 1 saturated heterocycles. The molecular weight excluding hydrogens is 300 g/mol. The molecule has 1 amide bonds. The molecule has 0 aliphatic carbocycles. The van der Waals surface area contributed by atoms with Crippen LogP contribution in [0.2, 0.25) is 0 Å². The molecule has 0 atom stereocenters. The monoisotopic (exact) mass is 322 g/mol. The normalized spacial score (nSPS) is 15.8. The Morgan fingerprint density at radius 2 is 1.88 bits per heavy atom. The van der Waals surface area contributed by atoms with Gasteiger partial charge in [0.2, 0.25) is 0 Å². The topological polar surface area (TPSA) is 49.3 Å². The van der Waals surface area contributed by atoms with Crippen molar-refractivity contribution in [3.8, 4) is 0 Å². The fourth-order valence-electron chi connectivity index (χ4n) is 2.77. The Labute approximate surface area is 142 Å². The molecule has 0 unspecified atom stereocenters. The van der Waals surface area contributed by atoms with Gasteiger partial charge in [0.1, 0.15) is 11.5 Å². The maximum atomic E-state index is 12.5. The number of piperazine rings is 1. The van der Waals surface area contributed by atoms with Crippen molar-refractivity contribution >= 4 is 12.0 Å². The summed E-state index contributed by atoms with van der Waals surface area (Å²) in [5, 5.41) is 0. The second kappa shape index (κ2) is 7.84. The van der Waals surface area contributed by atoms with Gasteiger partial charge in [-0.1, -0.05) is 42.5 Å². The van der Waals surface area contributed by atoms with Crippen LogP contribution in [0.3, 0.4) is 0 Å². The molecule has 24 heavy (non-hydrogen) atoms. The van der Waals surface area contributed by atoms with Gasteiger partial charge in [0.25, 0.3) is 5.91 Å². The SMILES string of the molecule is Cc1nccc(C(=O)N2CCN(C/C=C/c3ccccc3)CC2)n1. The van der Waals surface area contributed by atoms with E-state index in [-0.39, 0.29) is 5.91 Å². The van der Waals surface area contributed by atoms with Crippen LogP contribution in [0.4, 0.5) is 0 Å². The van der Waals surface area contributed by atoms with Crippen molar-refractivity contribution in [1.29, 1.82) is 0 Å². The zero-order valence-corrected chi connectivity index (χ0v) is 13.9. The third kappa shape index (κ3) is 4.26. The van der Waals surface area contributed by atoms with E-state index in [0.29, 0.717) is 11.5 Å². The Morgan fingerprint density at radius 3 is 2.58 bits per heavy atom. The minimum atomic E-state index is -0.0000207. The number of carbonyl (C=O) groups is 1. The fraction of sp³-hybridized carbons (Fsp3) is 0.316. The third-order valence-corrected chi connectivity index (χ3v) is 4.13. The van der Waals surface area contributed by atoms with Crippen LogP contribution in [0.1, 0.15) is 21.9 Å². The van der Waals surface area contributed by atoms with Crippen LogP contribution in [0.25, 0.3) is 6.08 Å². The molecule has 5 heteroatoms. The van der Waals surface area contributed by atoms with Gasteiger partial charge in [0, 0.05) is 38.9 Å². The number of benzene rings is 1. The first kappa shape index (κ1) is 16.3. The average Bonchev–Trinajstić information content (AvgIpc) is 2.63. The number of carbonyl (C=O) groups excluding carboxylic acids is 1. The molecule has 0 saturated carbocycles. The highest BCUT2D eigenvalue weighted by atomic mass is 16.2. The summed E-state index contributed by atoms with van der Waals surface area (Å²) in [7, 11) is 0. The van der Waals surface area contributed by atoms with Crippen LogP contribution < -0.4 is 0 Å². The Morgan fingerprint density at radius 1 is 1.12 bits per heavy atom.